The minimum absolute atomic E-state index is 0.0275. The SMILES string of the molecule is Cc1nc2ccccc2nc1N1CC(N)(C2CC2)C1. The molecule has 1 aliphatic carbocycles. The van der Waals surface area contributed by atoms with Crippen molar-refractivity contribution in [3.05, 3.63) is 30.0 Å². The highest BCUT2D eigenvalue weighted by Crippen LogP contribution is 2.44. The topological polar surface area (TPSA) is 55.0 Å². The van der Waals surface area contributed by atoms with Crippen LogP contribution >= 0.6 is 0 Å². The Labute approximate surface area is 112 Å². The van der Waals surface area contributed by atoms with Crippen LogP contribution in [0.3, 0.4) is 0 Å². The van der Waals surface area contributed by atoms with E-state index in [4.69, 9.17) is 10.7 Å². The summed E-state index contributed by atoms with van der Waals surface area (Å²) in [5.41, 5.74) is 9.36. The van der Waals surface area contributed by atoms with Gasteiger partial charge in [0, 0.05) is 13.1 Å². The number of anilines is 1. The third-order valence-electron chi connectivity index (χ3n) is 4.38. The van der Waals surface area contributed by atoms with Crippen molar-refractivity contribution in [3.8, 4) is 0 Å². The van der Waals surface area contributed by atoms with Crippen LogP contribution in [0.25, 0.3) is 11.0 Å². The Balaban J connectivity index is 1.66. The van der Waals surface area contributed by atoms with Crippen molar-refractivity contribution in [1.29, 1.82) is 0 Å². The van der Waals surface area contributed by atoms with E-state index in [0.717, 1.165) is 41.6 Å². The number of hydrogen-bond donors (Lipinski definition) is 1. The summed E-state index contributed by atoms with van der Waals surface area (Å²) >= 11 is 0. The van der Waals surface area contributed by atoms with Crippen LogP contribution in [-0.2, 0) is 0 Å². The number of nitrogens with zero attached hydrogens (tertiary/aromatic N) is 3. The highest BCUT2D eigenvalue weighted by molar-refractivity contribution is 5.76. The molecule has 4 heteroatoms. The van der Waals surface area contributed by atoms with E-state index in [1.165, 1.54) is 12.8 Å². The first kappa shape index (κ1) is 11.2. The van der Waals surface area contributed by atoms with Crippen molar-refractivity contribution in [2.75, 3.05) is 18.0 Å². The normalized spacial score (nSPS) is 21.5. The van der Waals surface area contributed by atoms with Gasteiger partial charge in [0.1, 0.15) is 0 Å². The fourth-order valence-corrected chi connectivity index (χ4v) is 3.11. The third-order valence-corrected chi connectivity index (χ3v) is 4.38. The van der Waals surface area contributed by atoms with Gasteiger partial charge < -0.3 is 10.6 Å². The van der Waals surface area contributed by atoms with Gasteiger partial charge in [-0.15, -0.1) is 0 Å². The fraction of sp³-hybridized carbons (Fsp3) is 0.467. The second-order valence-corrected chi connectivity index (χ2v) is 5.98. The van der Waals surface area contributed by atoms with E-state index in [1.54, 1.807) is 0 Å². The zero-order chi connectivity index (χ0) is 13.0. The zero-order valence-corrected chi connectivity index (χ0v) is 11.1. The molecule has 0 atom stereocenters. The molecule has 4 nitrogen and oxygen atoms in total. The minimum Gasteiger partial charge on any atom is -0.351 e. The number of fused-ring (bicyclic) bond motifs is 1. The fourth-order valence-electron chi connectivity index (χ4n) is 3.11. The predicted molar refractivity (Wildman–Crippen MR) is 76.1 cm³/mol. The standard InChI is InChI=1S/C15H18N4/c1-10-14(18-13-5-3-2-4-12(13)17-10)19-8-15(16,9-19)11-6-7-11/h2-5,11H,6-9,16H2,1H3. The lowest BCUT2D eigenvalue weighted by Crippen LogP contribution is -2.69. The van der Waals surface area contributed by atoms with E-state index in [9.17, 15) is 0 Å². The van der Waals surface area contributed by atoms with Crippen LogP contribution in [0.1, 0.15) is 18.5 Å². The molecule has 0 spiro atoms. The zero-order valence-electron chi connectivity index (χ0n) is 11.1. The van der Waals surface area contributed by atoms with Crippen molar-refractivity contribution < 1.29 is 0 Å². The number of para-hydroxylation sites is 2. The van der Waals surface area contributed by atoms with Crippen LogP contribution < -0.4 is 10.6 Å². The van der Waals surface area contributed by atoms with Crippen LogP contribution in [0, 0.1) is 12.8 Å². The summed E-state index contributed by atoms with van der Waals surface area (Å²) in [6.45, 7) is 3.87. The predicted octanol–water partition coefficient (Wildman–Crippen LogP) is 1.87. The number of hydrogen-bond acceptors (Lipinski definition) is 4. The summed E-state index contributed by atoms with van der Waals surface area (Å²) in [5.74, 6) is 1.73. The summed E-state index contributed by atoms with van der Waals surface area (Å²) in [6.07, 6.45) is 2.60. The smallest absolute Gasteiger partial charge is 0.150 e. The number of aromatic nitrogens is 2. The van der Waals surface area contributed by atoms with Crippen LogP contribution in [0.5, 0.6) is 0 Å². The molecule has 2 aliphatic rings. The molecule has 1 saturated carbocycles. The Hall–Kier alpha value is -1.68. The van der Waals surface area contributed by atoms with Gasteiger partial charge in [0.15, 0.2) is 5.82 Å². The average molecular weight is 254 g/mol. The Kier molecular flexibility index (Phi) is 2.16. The summed E-state index contributed by atoms with van der Waals surface area (Å²) in [5, 5.41) is 0. The van der Waals surface area contributed by atoms with E-state index < -0.39 is 0 Å². The maximum atomic E-state index is 6.41. The number of nitrogens with two attached hydrogens (primary N) is 1. The van der Waals surface area contributed by atoms with Crippen molar-refractivity contribution in [2.45, 2.75) is 25.3 Å². The second kappa shape index (κ2) is 3.67. The lowest BCUT2D eigenvalue weighted by atomic mass is 9.85. The number of benzene rings is 1. The first-order valence-electron chi connectivity index (χ1n) is 6.93. The van der Waals surface area contributed by atoms with Crippen molar-refractivity contribution in [3.63, 3.8) is 0 Å². The van der Waals surface area contributed by atoms with E-state index in [0.29, 0.717) is 0 Å². The monoisotopic (exact) mass is 254 g/mol. The maximum absolute atomic E-state index is 6.41. The minimum atomic E-state index is 0.0275. The van der Waals surface area contributed by atoms with Crippen molar-refractivity contribution in [1.82, 2.24) is 9.97 Å². The molecule has 2 fully saturated rings. The molecule has 2 aromatic rings. The molecule has 1 aliphatic heterocycles. The van der Waals surface area contributed by atoms with E-state index in [2.05, 4.69) is 9.88 Å². The Morgan fingerprint density at radius 1 is 1.16 bits per heavy atom. The maximum Gasteiger partial charge on any atom is 0.150 e. The summed E-state index contributed by atoms with van der Waals surface area (Å²) in [6, 6.07) is 8.02. The van der Waals surface area contributed by atoms with Crippen LogP contribution in [0.4, 0.5) is 5.82 Å². The summed E-state index contributed by atoms with van der Waals surface area (Å²) < 4.78 is 0. The van der Waals surface area contributed by atoms with Gasteiger partial charge in [-0.1, -0.05) is 12.1 Å². The molecule has 1 saturated heterocycles. The van der Waals surface area contributed by atoms with Crippen molar-refractivity contribution >= 4 is 16.9 Å². The summed E-state index contributed by atoms with van der Waals surface area (Å²) in [4.78, 5) is 11.7. The molecular weight excluding hydrogens is 236 g/mol. The second-order valence-electron chi connectivity index (χ2n) is 5.98. The van der Waals surface area contributed by atoms with Gasteiger partial charge in [0.2, 0.25) is 0 Å². The molecule has 0 radical (unpaired) electrons. The molecule has 0 unspecified atom stereocenters. The lowest BCUT2D eigenvalue weighted by Gasteiger charge is -2.49. The quantitative estimate of drug-likeness (QED) is 0.889. The van der Waals surface area contributed by atoms with Gasteiger partial charge >= 0.3 is 0 Å². The van der Waals surface area contributed by atoms with Crippen LogP contribution in [0.15, 0.2) is 24.3 Å². The Morgan fingerprint density at radius 3 is 2.42 bits per heavy atom. The first-order valence-corrected chi connectivity index (χ1v) is 6.93. The number of aryl methyl sites for hydroxylation is 1. The van der Waals surface area contributed by atoms with Crippen LogP contribution in [-0.4, -0.2) is 28.6 Å². The molecule has 2 N–H and O–H groups in total. The molecule has 98 valence electrons. The summed E-state index contributed by atoms with van der Waals surface area (Å²) in [7, 11) is 0. The highest BCUT2D eigenvalue weighted by atomic mass is 15.3. The molecule has 19 heavy (non-hydrogen) atoms. The van der Waals surface area contributed by atoms with Crippen molar-refractivity contribution in [2.24, 2.45) is 11.7 Å². The Bertz CT molecular complexity index is 642. The molecule has 1 aromatic carbocycles. The molecule has 0 amide bonds. The lowest BCUT2D eigenvalue weighted by molar-refractivity contribution is 0.289. The van der Waals surface area contributed by atoms with Gasteiger partial charge in [-0.3, -0.25) is 0 Å². The van der Waals surface area contributed by atoms with E-state index in [1.807, 2.05) is 31.2 Å². The molecular formula is C15H18N4. The average Bonchev–Trinajstić information content (AvgIpc) is 3.19. The molecule has 0 bridgehead atoms. The molecule has 1 aromatic heterocycles. The van der Waals surface area contributed by atoms with Crippen LogP contribution in [0.2, 0.25) is 0 Å². The van der Waals surface area contributed by atoms with Gasteiger partial charge in [0.25, 0.3) is 0 Å². The first-order chi connectivity index (χ1) is 9.16. The van der Waals surface area contributed by atoms with Gasteiger partial charge in [-0.05, 0) is 37.8 Å². The van der Waals surface area contributed by atoms with E-state index in [-0.39, 0.29) is 5.54 Å². The van der Waals surface area contributed by atoms with E-state index >= 15 is 0 Å². The molecule has 2 heterocycles. The highest BCUT2D eigenvalue weighted by Gasteiger charge is 2.51. The van der Waals surface area contributed by atoms with Gasteiger partial charge in [-0.2, -0.15) is 0 Å². The van der Waals surface area contributed by atoms with Gasteiger partial charge in [-0.25, -0.2) is 9.97 Å². The third kappa shape index (κ3) is 1.70. The number of rotatable bonds is 2. The largest absolute Gasteiger partial charge is 0.351 e. The van der Waals surface area contributed by atoms with Gasteiger partial charge in [0.05, 0.1) is 22.3 Å². The Morgan fingerprint density at radius 2 is 1.79 bits per heavy atom. The molecule has 4 rings (SSSR count).